The van der Waals surface area contributed by atoms with E-state index in [1.54, 1.807) is 0 Å². The van der Waals surface area contributed by atoms with E-state index in [0.717, 1.165) is 32.1 Å². The van der Waals surface area contributed by atoms with Crippen LogP contribution in [0.25, 0.3) is 0 Å². The number of hydrogen-bond donors (Lipinski definition) is 6. The minimum Gasteiger partial charge on any atom is -0.394 e. The molecule has 6 N–H and O–H groups in total. The normalized spacial score (nSPS) is 51.6. The molecule has 8 nitrogen and oxygen atoms in total. The van der Waals surface area contributed by atoms with E-state index in [1.807, 2.05) is 0 Å². The first-order valence-electron chi connectivity index (χ1n) is 17.1. The number of ether oxygens (including phenoxy) is 2. The van der Waals surface area contributed by atoms with E-state index in [0.29, 0.717) is 25.2 Å². The molecule has 5 aliphatic rings. The highest BCUT2D eigenvalue weighted by molar-refractivity contribution is 5.23. The quantitative estimate of drug-likeness (QED) is 0.185. The van der Waals surface area contributed by atoms with Gasteiger partial charge < -0.3 is 40.1 Å². The molecule has 0 radical (unpaired) electrons. The molecule has 0 aromatic rings. The summed E-state index contributed by atoms with van der Waals surface area (Å²) >= 11 is 0. The summed E-state index contributed by atoms with van der Waals surface area (Å²) in [5.74, 6) is 0.513. The van der Waals surface area contributed by atoms with Crippen molar-refractivity contribution in [3.05, 3.63) is 23.8 Å². The number of fused-ring (bicyclic) bond motifs is 5. The van der Waals surface area contributed by atoms with Crippen LogP contribution in [0.1, 0.15) is 99.8 Å². The average Bonchev–Trinajstić information content (AvgIpc) is 3.31. The zero-order valence-electron chi connectivity index (χ0n) is 28.1. The molecule has 5 rings (SSSR count). The van der Waals surface area contributed by atoms with E-state index in [1.165, 1.54) is 11.1 Å². The molecule has 252 valence electrons. The molecule has 4 aliphatic carbocycles. The van der Waals surface area contributed by atoms with Crippen molar-refractivity contribution in [2.75, 3.05) is 6.61 Å². The second-order valence-electron chi connectivity index (χ2n) is 16.8. The second kappa shape index (κ2) is 12.0. The van der Waals surface area contributed by atoms with Gasteiger partial charge in [0.05, 0.1) is 24.9 Å². The van der Waals surface area contributed by atoms with E-state index in [2.05, 4.69) is 61.1 Å². The van der Waals surface area contributed by atoms with Gasteiger partial charge in [0.1, 0.15) is 24.4 Å². The summed E-state index contributed by atoms with van der Waals surface area (Å²) in [7, 11) is 0. The van der Waals surface area contributed by atoms with Crippen LogP contribution < -0.4 is 0 Å². The van der Waals surface area contributed by atoms with Gasteiger partial charge >= 0.3 is 0 Å². The lowest BCUT2D eigenvalue weighted by atomic mass is 9.34. The first kappa shape index (κ1) is 34.5. The Morgan fingerprint density at radius 1 is 0.909 bits per heavy atom. The molecule has 1 heterocycles. The number of rotatable bonds is 7. The summed E-state index contributed by atoms with van der Waals surface area (Å²) in [6.07, 6.45) is 1.02. The lowest BCUT2D eigenvalue weighted by Gasteiger charge is -2.71. The van der Waals surface area contributed by atoms with Crippen LogP contribution in [-0.2, 0) is 9.47 Å². The van der Waals surface area contributed by atoms with E-state index in [9.17, 15) is 30.6 Å². The summed E-state index contributed by atoms with van der Waals surface area (Å²) in [4.78, 5) is 0. The van der Waals surface area contributed by atoms with Crippen LogP contribution in [0.4, 0.5) is 0 Å². The third-order valence-corrected chi connectivity index (χ3v) is 13.9. The predicted molar refractivity (Wildman–Crippen MR) is 168 cm³/mol. The summed E-state index contributed by atoms with van der Waals surface area (Å²) in [5, 5.41) is 65.1. The van der Waals surface area contributed by atoms with Crippen LogP contribution in [0.5, 0.6) is 0 Å². The average molecular weight is 621 g/mol. The van der Waals surface area contributed by atoms with Crippen LogP contribution in [0.3, 0.4) is 0 Å². The smallest absolute Gasteiger partial charge is 0.186 e. The maximum atomic E-state index is 12.2. The predicted octanol–water partition coefficient (Wildman–Crippen LogP) is 4.10. The minimum atomic E-state index is -1.50. The Kier molecular flexibility index (Phi) is 9.40. The lowest BCUT2D eigenvalue weighted by molar-refractivity contribution is -0.337. The summed E-state index contributed by atoms with van der Waals surface area (Å²) < 4.78 is 12.1. The molecular formula is C36H60O8. The number of allylic oxidation sites excluding steroid dienone is 3. The van der Waals surface area contributed by atoms with Gasteiger partial charge in [0.25, 0.3) is 0 Å². The van der Waals surface area contributed by atoms with Crippen molar-refractivity contribution in [3.8, 4) is 0 Å². The molecule has 4 saturated carbocycles. The van der Waals surface area contributed by atoms with Crippen LogP contribution in [0.15, 0.2) is 23.8 Å². The highest BCUT2D eigenvalue weighted by atomic mass is 16.7. The maximum Gasteiger partial charge on any atom is 0.186 e. The highest BCUT2D eigenvalue weighted by Gasteiger charge is 2.72. The van der Waals surface area contributed by atoms with E-state index in [-0.39, 0.29) is 34.0 Å². The largest absolute Gasteiger partial charge is 0.394 e. The first-order chi connectivity index (χ1) is 20.4. The molecule has 0 spiro atoms. The van der Waals surface area contributed by atoms with Crippen LogP contribution >= 0.6 is 0 Å². The van der Waals surface area contributed by atoms with E-state index >= 15 is 0 Å². The molecule has 0 amide bonds. The van der Waals surface area contributed by atoms with Crippen molar-refractivity contribution in [3.63, 3.8) is 0 Å². The van der Waals surface area contributed by atoms with Gasteiger partial charge in [0, 0.05) is 0 Å². The monoisotopic (exact) mass is 620 g/mol. The van der Waals surface area contributed by atoms with Crippen LogP contribution in [-0.4, -0.2) is 86.3 Å². The molecule has 44 heavy (non-hydrogen) atoms. The maximum absolute atomic E-state index is 12.2. The Labute approximate surface area is 264 Å². The van der Waals surface area contributed by atoms with Crippen molar-refractivity contribution in [1.29, 1.82) is 0 Å². The second-order valence-corrected chi connectivity index (χ2v) is 16.8. The molecule has 0 aromatic carbocycles. The first-order valence-corrected chi connectivity index (χ1v) is 17.1. The number of aliphatic hydroxyl groups excluding tert-OH is 6. The number of hydrogen-bond acceptors (Lipinski definition) is 8. The third-order valence-electron chi connectivity index (χ3n) is 13.9. The molecule has 0 aromatic heterocycles. The van der Waals surface area contributed by atoms with E-state index in [4.69, 9.17) is 9.47 Å². The van der Waals surface area contributed by atoms with Crippen LogP contribution in [0.2, 0.25) is 0 Å². The number of aliphatic hydroxyl groups is 6. The van der Waals surface area contributed by atoms with E-state index < -0.39 is 61.0 Å². The lowest BCUT2D eigenvalue weighted by Crippen LogP contribution is -2.70. The van der Waals surface area contributed by atoms with Gasteiger partial charge in [-0.05, 0) is 111 Å². The Hall–Kier alpha value is -0.840. The Balaban J connectivity index is 1.39. The van der Waals surface area contributed by atoms with Gasteiger partial charge in [0.15, 0.2) is 6.29 Å². The Morgan fingerprint density at radius 3 is 2.23 bits per heavy atom. The zero-order valence-corrected chi connectivity index (χ0v) is 28.1. The van der Waals surface area contributed by atoms with Crippen LogP contribution in [0, 0.1) is 45.3 Å². The molecule has 1 saturated heterocycles. The summed E-state index contributed by atoms with van der Waals surface area (Å²) in [6.45, 7) is 19.6. The summed E-state index contributed by atoms with van der Waals surface area (Å²) in [5.41, 5.74) is 1.52. The topological polar surface area (TPSA) is 140 Å². The molecule has 8 heteroatoms. The minimum absolute atomic E-state index is 0.123. The van der Waals surface area contributed by atoms with Crippen molar-refractivity contribution < 1.29 is 40.1 Å². The molecule has 4 unspecified atom stereocenters. The molecule has 15 atom stereocenters. The van der Waals surface area contributed by atoms with Crippen molar-refractivity contribution in [2.24, 2.45) is 45.3 Å². The third kappa shape index (κ3) is 5.18. The van der Waals surface area contributed by atoms with Crippen molar-refractivity contribution in [1.82, 2.24) is 0 Å². The van der Waals surface area contributed by atoms with Gasteiger partial charge in [-0.2, -0.15) is 0 Å². The van der Waals surface area contributed by atoms with Gasteiger partial charge in [-0.3, -0.25) is 0 Å². The Bertz CT molecular complexity index is 1100. The SMILES string of the molecule is C=C(CCC=C(C)C)C1CC[C@]2(C)C1[C@H](O)CC1[C@@]3(C)CC[C@H](O[C@@H]4O[C@H](CO)[C@@H](O)[C@H](O)[C@H]4O)C(C)(C)C3[C@@H](O)C[C@]12C. The Morgan fingerprint density at radius 2 is 1.59 bits per heavy atom. The van der Waals surface area contributed by atoms with Gasteiger partial charge in [-0.15, -0.1) is 0 Å². The standard InChI is InChI=1S/C36H60O8/c1-19(2)10-9-11-20(3)21-12-15-35(7)27(21)22(38)16-25-34(6)14-13-26(33(4,5)31(34)23(39)17-36(25,35)8)44-32-30(42)29(41)28(40)24(18-37)43-32/h10,21-32,37-42H,3,9,11-18H2,1-2,4-8H3/t21?,22-,23+,24-,25?,26+,27?,28-,29+,30-,31?,32+,34-,35-,36-/m1/s1. The fraction of sp³-hybridized carbons (Fsp3) is 0.889. The van der Waals surface area contributed by atoms with Gasteiger partial charge in [-0.25, -0.2) is 0 Å². The van der Waals surface area contributed by atoms with Gasteiger partial charge in [0.2, 0.25) is 0 Å². The van der Waals surface area contributed by atoms with Gasteiger partial charge in [-0.1, -0.05) is 58.4 Å². The molecule has 0 bridgehead atoms. The molecule has 1 aliphatic heterocycles. The van der Waals surface area contributed by atoms with Crippen molar-refractivity contribution >= 4 is 0 Å². The van der Waals surface area contributed by atoms with Crippen molar-refractivity contribution in [2.45, 2.75) is 149 Å². The highest BCUT2D eigenvalue weighted by Crippen LogP contribution is 2.75. The summed E-state index contributed by atoms with van der Waals surface area (Å²) in [6, 6.07) is 0. The fourth-order valence-electron chi connectivity index (χ4n) is 11.7. The molecular weight excluding hydrogens is 560 g/mol. The molecule has 5 fully saturated rings. The fourth-order valence-corrected chi connectivity index (χ4v) is 11.7. The zero-order chi connectivity index (χ0) is 32.6.